The maximum Gasteiger partial charge on any atom is 0.471 e. The quantitative estimate of drug-likeness (QED) is 0.571. The molecule has 1 aliphatic heterocycles. The molecule has 0 spiro atoms. The third-order valence-corrected chi connectivity index (χ3v) is 4.52. The van der Waals surface area contributed by atoms with Gasteiger partial charge in [0, 0.05) is 6.42 Å². The van der Waals surface area contributed by atoms with Crippen molar-refractivity contribution in [1.82, 2.24) is 0 Å². The third-order valence-electron chi connectivity index (χ3n) is 4.01. The third kappa shape index (κ3) is 5.45. The second-order valence-corrected chi connectivity index (χ2v) is 7.19. The number of carbonyl (C=O) groups excluding carboxylic acids is 1. The van der Waals surface area contributed by atoms with Crippen LogP contribution in [0.15, 0.2) is 54.6 Å². The molecule has 0 aliphatic carbocycles. The highest BCUT2D eigenvalue weighted by Crippen LogP contribution is 2.41. The van der Waals surface area contributed by atoms with Crippen molar-refractivity contribution in [2.24, 2.45) is 0 Å². The molecule has 1 unspecified atom stereocenters. The van der Waals surface area contributed by atoms with E-state index in [4.69, 9.17) is 19.3 Å². The lowest BCUT2D eigenvalue weighted by Gasteiger charge is -2.15. The number of hydrogen-bond acceptors (Lipinski definition) is 5. The first kappa shape index (κ1) is 19.7. The number of benzene rings is 2. The number of ether oxygens (including phenoxy) is 2. The average molecular weight is 396 g/mol. The van der Waals surface area contributed by atoms with Gasteiger partial charge in [-0.15, -0.1) is 0 Å². The van der Waals surface area contributed by atoms with Gasteiger partial charge in [0.1, 0.15) is 18.9 Å². The summed E-state index contributed by atoms with van der Waals surface area (Å²) in [6.45, 7) is -0.387. The van der Waals surface area contributed by atoms with Gasteiger partial charge in [-0.3, -0.25) is 4.52 Å². The van der Waals surface area contributed by atoms with Crippen molar-refractivity contribution in [1.29, 1.82) is 0 Å². The van der Waals surface area contributed by atoms with E-state index in [9.17, 15) is 13.8 Å². The van der Waals surface area contributed by atoms with Gasteiger partial charge in [0.05, 0.1) is 5.56 Å². The van der Waals surface area contributed by atoms with Crippen LogP contribution in [0.1, 0.15) is 16.8 Å². The van der Waals surface area contributed by atoms with Crippen molar-refractivity contribution >= 4 is 13.8 Å². The summed E-state index contributed by atoms with van der Waals surface area (Å²) in [5.74, 6) is -0.648. The molecule has 2 N–H and O–H groups in total. The van der Waals surface area contributed by atoms with Crippen molar-refractivity contribution in [3.8, 4) is 11.1 Å². The van der Waals surface area contributed by atoms with Crippen LogP contribution in [0.4, 0.5) is 4.39 Å². The van der Waals surface area contributed by atoms with Crippen LogP contribution in [0.2, 0.25) is 0 Å². The fourth-order valence-corrected chi connectivity index (χ4v) is 3.15. The van der Waals surface area contributed by atoms with Crippen LogP contribution >= 0.6 is 7.82 Å². The number of alkyl halides is 1. The molecular weight excluding hydrogens is 378 g/mol. The predicted octanol–water partition coefficient (Wildman–Crippen LogP) is 3.07. The molecule has 3 atom stereocenters. The Labute approximate surface area is 154 Å². The Bertz CT molecular complexity index is 821. The van der Waals surface area contributed by atoms with Gasteiger partial charge in [0.15, 0.2) is 6.29 Å². The zero-order valence-corrected chi connectivity index (χ0v) is 15.0. The lowest BCUT2D eigenvalue weighted by atomic mass is 10.0. The Hall–Kier alpha value is -2.09. The van der Waals surface area contributed by atoms with Crippen LogP contribution in [0.3, 0.4) is 0 Å². The standard InChI is InChI=1S/C18H18FO7P/c19-15-10-17(26-27(21,22)23)25-16(15)11-24-18(20)14-8-6-13(7-9-14)12-4-2-1-3-5-12/h1-9,15-17H,10-11H2,(H2,21,22,23)/t15-,16+,17?/m0/s1. The summed E-state index contributed by atoms with van der Waals surface area (Å²) in [4.78, 5) is 29.6. The van der Waals surface area contributed by atoms with E-state index in [0.29, 0.717) is 5.56 Å². The van der Waals surface area contributed by atoms with Gasteiger partial charge in [0.25, 0.3) is 0 Å². The van der Waals surface area contributed by atoms with Gasteiger partial charge in [-0.1, -0.05) is 42.5 Å². The lowest BCUT2D eigenvalue weighted by molar-refractivity contribution is -0.101. The second kappa shape index (κ2) is 8.29. The van der Waals surface area contributed by atoms with Gasteiger partial charge in [-0.25, -0.2) is 13.8 Å². The molecule has 0 aromatic heterocycles. The van der Waals surface area contributed by atoms with Crippen molar-refractivity contribution in [3.63, 3.8) is 0 Å². The van der Waals surface area contributed by atoms with Gasteiger partial charge in [-0.2, -0.15) is 0 Å². The zero-order chi connectivity index (χ0) is 19.4. The lowest BCUT2D eigenvalue weighted by Crippen LogP contribution is -2.25. The van der Waals surface area contributed by atoms with Crippen molar-refractivity contribution in [2.75, 3.05) is 6.61 Å². The summed E-state index contributed by atoms with van der Waals surface area (Å²) in [6.07, 6.45) is -4.43. The molecule has 27 heavy (non-hydrogen) atoms. The Kier molecular flexibility index (Phi) is 6.04. The summed E-state index contributed by atoms with van der Waals surface area (Å²) in [6, 6.07) is 16.4. The summed E-state index contributed by atoms with van der Waals surface area (Å²) >= 11 is 0. The Morgan fingerprint density at radius 1 is 1.11 bits per heavy atom. The number of halogens is 1. The van der Waals surface area contributed by atoms with Crippen molar-refractivity contribution in [2.45, 2.75) is 25.0 Å². The molecule has 0 saturated carbocycles. The van der Waals surface area contributed by atoms with E-state index in [0.717, 1.165) is 11.1 Å². The van der Waals surface area contributed by atoms with E-state index >= 15 is 0 Å². The highest BCUT2D eigenvalue weighted by atomic mass is 31.2. The molecule has 0 radical (unpaired) electrons. The summed E-state index contributed by atoms with van der Waals surface area (Å²) < 4.78 is 39.0. The number of phosphoric acid groups is 1. The molecule has 1 saturated heterocycles. The number of hydrogen-bond donors (Lipinski definition) is 2. The number of phosphoric ester groups is 1. The molecule has 2 aromatic rings. The van der Waals surface area contributed by atoms with Crippen LogP contribution in [-0.2, 0) is 18.6 Å². The minimum atomic E-state index is -4.78. The maximum absolute atomic E-state index is 13.9. The van der Waals surface area contributed by atoms with Crippen LogP contribution in [0, 0.1) is 0 Å². The zero-order valence-electron chi connectivity index (χ0n) is 14.1. The first-order valence-corrected chi connectivity index (χ1v) is 9.71. The van der Waals surface area contributed by atoms with E-state index in [2.05, 4.69) is 4.52 Å². The van der Waals surface area contributed by atoms with Crippen LogP contribution in [0.25, 0.3) is 11.1 Å². The number of esters is 1. The first-order valence-electron chi connectivity index (χ1n) is 8.18. The van der Waals surface area contributed by atoms with E-state index in [1.165, 1.54) is 0 Å². The van der Waals surface area contributed by atoms with Gasteiger partial charge < -0.3 is 19.3 Å². The van der Waals surface area contributed by atoms with Gasteiger partial charge in [-0.05, 0) is 23.3 Å². The van der Waals surface area contributed by atoms with E-state index in [-0.39, 0.29) is 13.0 Å². The SMILES string of the molecule is O=C(OC[C@H]1OC(OP(=O)(O)O)C[C@@H]1F)c1ccc(-c2ccccc2)cc1. The largest absolute Gasteiger partial charge is 0.471 e. The Balaban J connectivity index is 1.54. The molecule has 1 aliphatic rings. The minimum Gasteiger partial charge on any atom is -0.459 e. The highest BCUT2D eigenvalue weighted by Gasteiger charge is 2.40. The Morgan fingerprint density at radius 3 is 2.37 bits per heavy atom. The van der Waals surface area contributed by atoms with E-state index in [1.54, 1.807) is 24.3 Å². The molecular formula is C18H18FO7P. The molecule has 1 heterocycles. The van der Waals surface area contributed by atoms with Crippen molar-refractivity contribution in [3.05, 3.63) is 60.2 Å². The van der Waals surface area contributed by atoms with Crippen LogP contribution in [-0.4, -0.2) is 40.9 Å². The van der Waals surface area contributed by atoms with Crippen molar-refractivity contribution < 1.29 is 37.5 Å². The first-order chi connectivity index (χ1) is 12.8. The summed E-state index contributed by atoms with van der Waals surface area (Å²) in [5, 5.41) is 0. The summed E-state index contributed by atoms with van der Waals surface area (Å²) in [5.41, 5.74) is 2.24. The molecule has 0 amide bonds. The van der Waals surface area contributed by atoms with E-state index in [1.807, 2.05) is 30.3 Å². The molecule has 0 bridgehead atoms. The average Bonchev–Trinajstić information content (AvgIpc) is 2.98. The van der Waals surface area contributed by atoms with E-state index < -0.39 is 32.4 Å². The smallest absolute Gasteiger partial charge is 0.459 e. The maximum atomic E-state index is 13.9. The second-order valence-electron chi connectivity index (χ2n) is 5.99. The number of rotatable bonds is 6. The molecule has 9 heteroatoms. The molecule has 144 valence electrons. The summed E-state index contributed by atoms with van der Waals surface area (Å²) in [7, 11) is -4.78. The molecule has 1 fully saturated rings. The fraction of sp³-hybridized carbons (Fsp3) is 0.278. The molecule has 2 aromatic carbocycles. The Morgan fingerprint density at radius 2 is 1.74 bits per heavy atom. The molecule has 7 nitrogen and oxygen atoms in total. The molecule has 3 rings (SSSR count). The number of carbonyl (C=O) groups is 1. The monoisotopic (exact) mass is 396 g/mol. The minimum absolute atomic E-state index is 0.297. The van der Waals surface area contributed by atoms with Gasteiger partial charge in [0.2, 0.25) is 0 Å². The topological polar surface area (TPSA) is 102 Å². The van der Waals surface area contributed by atoms with Gasteiger partial charge >= 0.3 is 13.8 Å². The fourth-order valence-electron chi connectivity index (χ4n) is 2.71. The van der Waals surface area contributed by atoms with Crippen LogP contribution in [0.5, 0.6) is 0 Å². The predicted molar refractivity (Wildman–Crippen MR) is 93.5 cm³/mol. The normalized spacial score (nSPS) is 22.6. The highest BCUT2D eigenvalue weighted by molar-refractivity contribution is 7.46. The van der Waals surface area contributed by atoms with Crippen LogP contribution < -0.4 is 0 Å².